The lowest BCUT2D eigenvalue weighted by Gasteiger charge is -2.34. The first-order valence-corrected chi connectivity index (χ1v) is 7.99. The molecule has 0 radical (unpaired) electrons. The Kier molecular flexibility index (Phi) is 6.64. The molecule has 1 aromatic rings. The highest BCUT2D eigenvalue weighted by Gasteiger charge is 2.15. The van der Waals surface area contributed by atoms with Crippen LogP contribution in [0, 0.1) is 0 Å². The Morgan fingerprint density at radius 2 is 1.60 bits per heavy atom. The molecule has 0 aromatic heterocycles. The van der Waals surface area contributed by atoms with Crippen molar-refractivity contribution < 1.29 is 4.74 Å². The largest absolute Gasteiger partial charge is 0.492 e. The first-order chi connectivity index (χ1) is 9.78. The fourth-order valence-electron chi connectivity index (χ4n) is 2.44. The topological polar surface area (TPSA) is 15.7 Å². The summed E-state index contributed by atoms with van der Waals surface area (Å²) in [6.45, 7) is 9.97. The highest BCUT2D eigenvalue weighted by atomic mass is 35.5. The lowest BCUT2D eigenvalue weighted by Crippen LogP contribution is -2.47. The average molecular weight is 297 g/mol. The van der Waals surface area contributed by atoms with E-state index >= 15 is 0 Å². The summed E-state index contributed by atoms with van der Waals surface area (Å²) in [5.41, 5.74) is 0. The molecule has 4 heteroatoms. The summed E-state index contributed by atoms with van der Waals surface area (Å²) in [5.74, 6) is 0.899. The molecule has 3 nitrogen and oxygen atoms in total. The molecule has 1 aliphatic rings. The quantitative estimate of drug-likeness (QED) is 0.769. The van der Waals surface area contributed by atoms with Crippen LogP contribution >= 0.6 is 11.6 Å². The number of benzene rings is 1. The number of unbranched alkanes of at least 4 members (excludes halogenated alkanes) is 1. The molecule has 0 saturated carbocycles. The van der Waals surface area contributed by atoms with Gasteiger partial charge < -0.3 is 9.64 Å². The van der Waals surface area contributed by atoms with Crippen molar-refractivity contribution in [1.82, 2.24) is 9.80 Å². The Labute approximate surface area is 127 Å². The molecular formula is C16H25ClN2O. The van der Waals surface area contributed by atoms with Gasteiger partial charge in [-0.1, -0.05) is 24.9 Å². The molecule has 1 saturated heterocycles. The monoisotopic (exact) mass is 296 g/mol. The van der Waals surface area contributed by atoms with Crippen molar-refractivity contribution >= 4 is 11.6 Å². The highest BCUT2D eigenvalue weighted by molar-refractivity contribution is 6.30. The van der Waals surface area contributed by atoms with Crippen LogP contribution < -0.4 is 4.74 Å². The van der Waals surface area contributed by atoms with Crippen LogP contribution in [0.5, 0.6) is 5.75 Å². The first kappa shape index (κ1) is 15.6. The van der Waals surface area contributed by atoms with Crippen molar-refractivity contribution in [3.63, 3.8) is 0 Å². The van der Waals surface area contributed by atoms with Gasteiger partial charge in [-0.2, -0.15) is 0 Å². The van der Waals surface area contributed by atoms with Crippen LogP contribution in [0.4, 0.5) is 0 Å². The second kappa shape index (κ2) is 8.50. The number of halogens is 1. The summed E-state index contributed by atoms with van der Waals surface area (Å²) >= 11 is 5.85. The summed E-state index contributed by atoms with van der Waals surface area (Å²) in [6.07, 6.45) is 2.61. The standard InChI is InChI=1S/C16H25ClN2O/c1-2-3-8-18-9-11-19(12-10-18)13-14-20-16-6-4-15(17)5-7-16/h4-7H,2-3,8-14H2,1H3. The van der Waals surface area contributed by atoms with Crippen molar-refractivity contribution in [2.75, 3.05) is 45.9 Å². The number of hydrogen-bond acceptors (Lipinski definition) is 3. The maximum Gasteiger partial charge on any atom is 0.119 e. The predicted octanol–water partition coefficient (Wildman–Crippen LogP) is 3.14. The van der Waals surface area contributed by atoms with Gasteiger partial charge in [0.25, 0.3) is 0 Å². The van der Waals surface area contributed by atoms with Gasteiger partial charge in [0, 0.05) is 37.7 Å². The molecule has 1 aliphatic heterocycles. The zero-order valence-corrected chi connectivity index (χ0v) is 13.1. The van der Waals surface area contributed by atoms with E-state index < -0.39 is 0 Å². The number of piperazine rings is 1. The van der Waals surface area contributed by atoms with E-state index in [2.05, 4.69) is 16.7 Å². The molecule has 1 fully saturated rings. The molecule has 0 amide bonds. The number of hydrogen-bond donors (Lipinski definition) is 0. The Balaban J connectivity index is 1.60. The van der Waals surface area contributed by atoms with Crippen LogP contribution in [0.15, 0.2) is 24.3 Å². The van der Waals surface area contributed by atoms with Gasteiger partial charge in [0.1, 0.15) is 12.4 Å². The van der Waals surface area contributed by atoms with E-state index in [1.165, 1.54) is 32.5 Å². The first-order valence-electron chi connectivity index (χ1n) is 7.61. The Bertz CT molecular complexity index is 375. The van der Waals surface area contributed by atoms with Crippen molar-refractivity contribution in [3.8, 4) is 5.75 Å². The third-order valence-electron chi connectivity index (χ3n) is 3.78. The van der Waals surface area contributed by atoms with E-state index in [0.717, 1.165) is 37.0 Å². The molecule has 0 aliphatic carbocycles. The molecule has 112 valence electrons. The number of rotatable bonds is 7. The van der Waals surface area contributed by atoms with E-state index in [9.17, 15) is 0 Å². The van der Waals surface area contributed by atoms with Crippen LogP contribution in [0.25, 0.3) is 0 Å². The normalized spacial score (nSPS) is 17.3. The van der Waals surface area contributed by atoms with Crippen molar-refractivity contribution in [2.24, 2.45) is 0 Å². The molecule has 0 bridgehead atoms. The van der Waals surface area contributed by atoms with Gasteiger partial charge in [-0.3, -0.25) is 4.90 Å². The van der Waals surface area contributed by atoms with Gasteiger partial charge >= 0.3 is 0 Å². The van der Waals surface area contributed by atoms with Gasteiger partial charge in [0.2, 0.25) is 0 Å². The molecule has 1 heterocycles. The third-order valence-corrected chi connectivity index (χ3v) is 4.03. The summed E-state index contributed by atoms with van der Waals surface area (Å²) < 4.78 is 5.74. The van der Waals surface area contributed by atoms with Gasteiger partial charge in [0.15, 0.2) is 0 Å². The molecule has 0 N–H and O–H groups in total. The molecule has 20 heavy (non-hydrogen) atoms. The molecule has 2 rings (SSSR count). The van der Waals surface area contributed by atoms with E-state index in [1.807, 2.05) is 24.3 Å². The molecule has 0 spiro atoms. The molecule has 1 aromatic carbocycles. The smallest absolute Gasteiger partial charge is 0.119 e. The van der Waals surface area contributed by atoms with E-state index in [1.54, 1.807) is 0 Å². The van der Waals surface area contributed by atoms with Crippen LogP contribution in [0.3, 0.4) is 0 Å². The highest BCUT2D eigenvalue weighted by Crippen LogP contribution is 2.15. The van der Waals surface area contributed by atoms with Gasteiger partial charge in [-0.15, -0.1) is 0 Å². The molecular weight excluding hydrogens is 272 g/mol. The molecule has 0 atom stereocenters. The Morgan fingerprint density at radius 3 is 2.20 bits per heavy atom. The minimum absolute atomic E-state index is 0.747. The van der Waals surface area contributed by atoms with E-state index in [-0.39, 0.29) is 0 Å². The van der Waals surface area contributed by atoms with Crippen molar-refractivity contribution in [2.45, 2.75) is 19.8 Å². The zero-order valence-electron chi connectivity index (χ0n) is 12.4. The van der Waals surface area contributed by atoms with Gasteiger partial charge in [-0.25, -0.2) is 0 Å². The van der Waals surface area contributed by atoms with Crippen LogP contribution in [-0.4, -0.2) is 55.7 Å². The zero-order chi connectivity index (χ0) is 14.2. The fraction of sp³-hybridized carbons (Fsp3) is 0.625. The average Bonchev–Trinajstić information content (AvgIpc) is 2.48. The number of ether oxygens (including phenoxy) is 1. The summed E-state index contributed by atoms with van der Waals surface area (Å²) in [6, 6.07) is 7.57. The van der Waals surface area contributed by atoms with Crippen molar-refractivity contribution in [3.05, 3.63) is 29.3 Å². The van der Waals surface area contributed by atoms with E-state index in [4.69, 9.17) is 16.3 Å². The Morgan fingerprint density at radius 1 is 1.00 bits per heavy atom. The second-order valence-corrected chi connectivity index (χ2v) is 5.78. The third kappa shape index (κ3) is 5.31. The number of nitrogens with zero attached hydrogens (tertiary/aromatic N) is 2. The minimum atomic E-state index is 0.747. The van der Waals surface area contributed by atoms with Gasteiger partial charge in [0.05, 0.1) is 0 Å². The van der Waals surface area contributed by atoms with Crippen molar-refractivity contribution in [1.29, 1.82) is 0 Å². The molecule has 0 unspecified atom stereocenters. The summed E-state index contributed by atoms with van der Waals surface area (Å²) in [5, 5.41) is 0.751. The minimum Gasteiger partial charge on any atom is -0.492 e. The maximum atomic E-state index is 5.85. The second-order valence-electron chi connectivity index (χ2n) is 5.34. The Hall–Kier alpha value is -0.770. The maximum absolute atomic E-state index is 5.85. The van der Waals surface area contributed by atoms with Gasteiger partial charge in [-0.05, 0) is 37.2 Å². The summed E-state index contributed by atoms with van der Waals surface area (Å²) in [4.78, 5) is 5.05. The fourth-order valence-corrected chi connectivity index (χ4v) is 2.57. The predicted molar refractivity (Wildman–Crippen MR) is 84.7 cm³/mol. The SMILES string of the molecule is CCCCN1CCN(CCOc2ccc(Cl)cc2)CC1. The van der Waals surface area contributed by atoms with Crippen LogP contribution in [0.1, 0.15) is 19.8 Å². The van der Waals surface area contributed by atoms with Crippen LogP contribution in [0.2, 0.25) is 5.02 Å². The summed E-state index contributed by atoms with van der Waals surface area (Å²) in [7, 11) is 0. The van der Waals surface area contributed by atoms with Crippen LogP contribution in [-0.2, 0) is 0 Å². The lowest BCUT2D eigenvalue weighted by atomic mass is 10.2. The van der Waals surface area contributed by atoms with E-state index in [0.29, 0.717) is 0 Å². The lowest BCUT2D eigenvalue weighted by molar-refractivity contribution is 0.116.